The predicted molar refractivity (Wildman–Crippen MR) is 163 cm³/mol. The van der Waals surface area contributed by atoms with Gasteiger partial charge in [0.05, 0.1) is 23.6 Å². The molecule has 6 nitrogen and oxygen atoms in total. The molecule has 205 valence electrons. The van der Waals surface area contributed by atoms with Crippen LogP contribution in [0, 0.1) is 11.3 Å². The van der Waals surface area contributed by atoms with Crippen molar-refractivity contribution in [3.05, 3.63) is 111 Å². The van der Waals surface area contributed by atoms with Crippen molar-refractivity contribution < 1.29 is 9.84 Å². The molecule has 1 saturated carbocycles. The molecule has 1 fully saturated rings. The van der Waals surface area contributed by atoms with Crippen molar-refractivity contribution in [1.29, 1.82) is 5.26 Å². The number of ether oxygens (including phenoxy) is 1. The van der Waals surface area contributed by atoms with Gasteiger partial charge < -0.3 is 9.84 Å². The third kappa shape index (κ3) is 6.34. The molecule has 1 aromatic heterocycles. The number of aliphatic hydroxyl groups is 1. The van der Waals surface area contributed by atoms with Gasteiger partial charge >= 0.3 is 0 Å². The second-order valence-corrected chi connectivity index (χ2v) is 10.5. The summed E-state index contributed by atoms with van der Waals surface area (Å²) in [6, 6.07) is 25.6. The molecule has 41 heavy (non-hydrogen) atoms. The Kier molecular flexibility index (Phi) is 10.2. The molecule has 0 unspecified atom stereocenters. The Morgan fingerprint density at radius 3 is 2.34 bits per heavy atom. The topological polar surface area (TPSA) is 88.1 Å². The molecule has 1 radical (unpaired) electrons. The van der Waals surface area contributed by atoms with Crippen LogP contribution in [0.3, 0.4) is 0 Å². The number of rotatable bonds is 10. The van der Waals surface area contributed by atoms with Gasteiger partial charge in [0.1, 0.15) is 23.2 Å². The first-order chi connectivity index (χ1) is 19.5. The third-order valence-corrected chi connectivity index (χ3v) is 7.83. The Bertz CT molecular complexity index is 1580. The van der Waals surface area contributed by atoms with E-state index in [9.17, 15) is 15.2 Å². The van der Waals surface area contributed by atoms with Gasteiger partial charge in [-0.3, -0.25) is 9.36 Å². The summed E-state index contributed by atoms with van der Waals surface area (Å²) in [5.74, 6) is 1.38. The minimum Gasteiger partial charge on any atom is -0.485 e. The quantitative estimate of drug-likeness (QED) is 0.250. The summed E-state index contributed by atoms with van der Waals surface area (Å²) in [6.07, 6.45) is 5.21. The molecule has 0 atom stereocenters. The Morgan fingerprint density at radius 1 is 1.02 bits per heavy atom. The fourth-order valence-electron chi connectivity index (χ4n) is 5.48. The van der Waals surface area contributed by atoms with Gasteiger partial charge in [0.15, 0.2) is 0 Å². The fourth-order valence-corrected chi connectivity index (χ4v) is 5.48. The number of nitrogens with zero attached hydrogens (tertiary/aromatic N) is 3. The number of nitriles is 1. The molecule has 0 bridgehead atoms. The van der Waals surface area contributed by atoms with Crippen LogP contribution in [0.25, 0.3) is 16.8 Å². The Morgan fingerprint density at radius 2 is 1.76 bits per heavy atom. The second kappa shape index (κ2) is 13.6. The Balaban J connectivity index is 0.00000387. The zero-order valence-electron chi connectivity index (χ0n) is 24.2. The van der Waals surface area contributed by atoms with Crippen molar-refractivity contribution >= 4 is 29.6 Å². The van der Waals surface area contributed by atoms with Crippen molar-refractivity contribution in [3.8, 4) is 28.6 Å². The Labute approximate surface area is 264 Å². The maximum absolute atomic E-state index is 14.2. The van der Waals surface area contributed by atoms with Gasteiger partial charge in [0.2, 0.25) is 0 Å². The number of hydrogen-bond acceptors (Lipinski definition) is 5. The van der Waals surface area contributed by atoms with Crippen LogP contribution in [0.5, 0.6) is 5.75 Å². The number of aromatic nitrogens is 2. The first-order valence-electron chi connectivity index (χ1n) is 14.1. The monoisotopic (exact) mass is 556 g/mol. The SMILES string of the molecule is CCCc1nc(CC)n(-c2ccc(OC3(CO)CCC3)cc2)c(=O)c1Cc1cccc(-c2ccccc2)c1C#N.[Na]. The molecule has 0 saturated heterocycles. The number of hydrogen-bond donors (Lipinski definition) is 1. The first-order valence-corrected chi connectivity index (χ1v) is 14.1. The van der Waals surface area contributed by atoms with Crippen LogP contribution in [0.15, 0.2) is 77.6 Å². The maximum atomic E-state index is 14.2. The smallest absolute Gasteiger partial charge is 0.261 e. The summed E-state index contributed by atoms with van der Waals surface area (Å²) in [4.78, 5) is 19.2. The summed E-state index contributed by atoms with van der Waals surface area (Å²) in [6.45, 7) is 4.08. The molecule has 5 rings (SSSR count). The summed E-state index contributed by atoms with van der Waals surface area (Å²) in [7, 11) is 0. The van der Waals surface area contributed by atoms with Crippen molar-refractivity contribution in [2.24, 2.45) is 0 Å². The van der Waals surface area contributed by atoms with Crippen molar-refractivity contribution in [2.45, 2.75) is 64.4 Å². The van der Waals surface area contributed by atoms with Crippen LogP contribution in [0.1, 0.15) is 67.7 Å². The van der Waals surface area contributed by atoms with E-state index in [0.29, 0.717) is 42.0 Å². The molecule has 0 spiro atoms. The summed E-state index contributed by atoms with van der Waals surface area (Å²) >= 11 is 0. The minimum absolute atomic E-state index is 0. The van der Waals surface area contributed by atoms with Crippen molar-refractivity contribution in [2.75, 3.05) is 6.61 Å². The molecule has 3 aromatic carbocycles. The normalized spacial score (nSPS) is 13.5. The van der Waals surface area contributed by atoms with Crippen LogP contribution < -0.4 is 10.3 Å². The minimum atomic E-state index is -0.490. The van der Waals surface area contributed by atoms with Crippen LogP contribution in [-0.2, 0) is 19.3 Å². The van der Waals surface area contributed by atoms with E-state index in [1.165, 1.54) is 0 Å². The summed E-state index contributed by atoms with van der Waals surface area (Å²) < 4.78 is 7.80. The van der Waals surface area contributed by atoms with Gasteiger partial charge in [-0.25, -0.2) is 4.98 Å². The molecule has 1 aliphatic carbocycles. The molecular formula is C34H35N3NaO3. The zero-order chi connectivity index (χ0) is 28.1. The van der Waals surface area contributed by atoms with Crippen LogP contribution in [0.2, 0.25) is 0 Å². The fraction of sp³-hybridized carbons (Fsp3) is 0.324. The Hall–Kier alpha value is -3.21. The number of aliphatic hydroxyl groups excluding tert-OH is 1. The van der Waals surface area contributed by atoms with Gasteiger partial charge in [-0.15, -0.1) is 0 Å². The molecular weight excluding hydrogens is 521 g/mol. The zero-order valence-corrected chi connectivity index (χ0v) is 26.2. The average Bonchev–Trinajstić information content (AvgIpc) is 2.97. The van der Waals surface area contributed by atoms with Crippen molar-refractivity contribution in [1.82, 2.24) is 9.55 Å². The van der Waals surface area contributed by atoms with Gasteiger partial charge in [0, 0.05) is 48.0 Å². The van der Waals surface area contributed by atoms with Crippen LogP contribution >= 0.6 is 0 Å². The van der Waals surface area contributed by atoms with Gasteiger partial charge in [-0.05, 0) is 66.6 Å². The maximum Gasteiger partial charge on any atom is 0.261 e. The van der Waals surface area contributed by atoms with Crippen molar-refractivity contribution in [3.63, 3.8) is 0 Å². The molecule has 0 amide bonds. The van der Waals surface area contributed by atoms with Crippen LogP contribution in [0.4, 0.5) is 0 Å². The molecule has 1 aliphatic rings. The van der Waals surface area contributed by atoms with Gasteiger partial charge in [-0.1, -0.05) is 68.8 Å². The third-order valence-electron chi connectivity index (χ3n) is 7.83. The van der Waals surface area contributed by atoms with E-state index in [4.69, 9.17) is 9.72 Å². The van der Waals surface area contributed by atoms with E-state index < -0.39 is 5.60 Å². The van der Waals surface area contributed by atoms with E-state index in [1.807, 2.05) is 79.7 Å². The molecule has 4 aromatic rings. The van der Waals surface area contributed by atoms with Gasteiger partial charge in [-0.2, -0.15) is 5.26 Å². The number of benzene rings is 3. The average molecular weight is 557 g/mol. The number of aryl methyl sites for hydroxylation is 2. The van der Waals surface area contributed by atoms with E-state index in [0.717, 1.165) is 53.8 Å². The van der Waals surface area contributed by atoms with E-state index in [-0.39, 0.29) is 41.7 Å². The standard InChI is InChI=1S/C34H35N3O3.Na/c1-3-10-31-29(21-25-13-8-14-28(30(25)22-35)24-11-6-5-7-12-24)33(39)37(32(4-2)36-31)26-15-17-27(18-16-26)40-34(23-38)19-9-20-34;/h5-8,11-18,38H,3-4,9-10,19-21,23H2,1-2H3;. The second-order valence-electron chi connectivity index (χ2n) is 10.5. The first kappa shape index (κ1) is 30.7. The molecule has 7 heteroatoms. The van der Waals surface area contributed by atoms with E-state index in [1.54, 1.807) is 4.57 Å². The van der Waals surface area contributed by atoms with Crippen LogP contribution in [-0.4, -0.2) is 56.4 Å². The largest absolute Gasteiger partial charge is 0.485 e. The summed E-state index contributed by atoms with van der Waals surface area (Å²) in [5, 5.41) is 19.9. The summed E-state index contributed by atoms with van der Waals surface area (Å²) in [5.41, 5.74) is 4.76. The molecule has 1 N–H and O–H groups in total. The van der Waals surface area contributed by atoms with Gasteiger partial charge in [0.25, 0.3) is 5.56 Å². The van der Waals surface area contributed by atoms with E-state index >= 15 is 0 Å². The molecule has 1 heterocycles. The molecule has 0 aliphatic heterocycles. The van der Waals surface area contributed by atoms with E-state index in [2.05, 4.69) is 13.0 Å². The predicted octanol–water partition coefficient (Wildman–Crippen LogP) is 5.79.